The van der Waals surface area contributed by atoms with Crippen LogP contribution >= 0.6 is 0 Å². The van der Waals surface area contributed by atoms with Gasteiger partial charge in [0.25, 0.3) is 0 Å². The zero-order valence-electron chi connectivity index (χ0n) is 20.6. The third-order valence-corrected chi connectivity index (χ3v) is 6.19. The first-order valence-corrected chi connectivity index (χ1v) is 12.1. The molecule has 0 aliphatic carbocycles. The molecule has 0 amide bonds. The number of anilines is 3. The van der Waals surface area contributed by atoms with E-state index < -0.39 is 0 Å². The zero-order valence-corrected chi connectivity index (χ0v) is 20.6. The molecular formula is C27H29N9. The molecule has 3 aromatic heterocycles. The zero-order chi connectivity index (χ0) is 25.1. The van der Waals surface area contributed by atoms with Crippen LogP contribution in [0.3, 0.4) is 0 Å². The third kappa shape index (κ3) is 4.68. The second-order valence-electron chi connectivity index (χ2n) is 8.48. The van der Waals surface area contributed by atoms with Crippen molar-refractivity contribution in [3.8, 4) is 17.1 Å². The highest BCUT2D eigenvalue weighted by Gasteiger charge is 2.13. The molecule has 0 aliphatic heterocycles. The molecule has 0 fully saturated rings. The van der Waals surface area contributed by atoms with E-state index in [0.717, 1.165) is 47.0 Å². The van der Waals surface area contributed by atoms with E-state index in [1.165, 1.54) is 5.56 Å². The van der Waals surface area contributed by atoms with Crippen LogP contribution in [0.25, 0.3) is 28.1 Å². The van der Waals surface area contributed by atoms with Gasteiger partial charge >= 0.3 is 0 Å². The molecule has 9 heteroatoms. The Labute approximate surface area is 210 Å². The van der Waals surface area contributed by atoms with E-state index in [0.29, 0.717) is 5.95 Å². The van der Waals surface area contributed by atoms with Gasteiger partial charge in [0.1, 0.15) is 18.0 Å². The monoisotopic (exact) mass is 479 g/mol. The lowest BCUT2D eigenvalue weighted by atomic mass is 10.1. The van der Waals surface area contributed by atoms with Gasteiger partial charge in [0, 0.05) is 30.9 Å². The summed E-state index contributed by atoms with van der Waals surface area (Å²) in [6.45, 7) is 7.96. The lowest BCUT2D eigenvalue weighted by Crippen LogP contribution is -2.23. The number of aromatic nitrogens is 6. The van der Waals surface area contributed by atoms with E-state index in [1.807, 2.05) is 53.1 Å². The molecule has 0 spiro atoms. The molecule has 5 aromatic rings. The Morgan fingerprint density at radius 2 is 1.75 bits per heavy atom. The maximum Gasteiger partial charge on any atom is 0.225 e. The molecule has 1 unspecified atom stereocenters. The number of nitrogen functional groups attached to an aromatic ring is 1. The summed E-state index contributed by atoms with van der Waals surface area (Å²) in [5.41, 5.74) is 10.7. The van der Waals surface area contributed by atoms with Crippen molar-refractivity contribution >= 4 is 28.7 Å². The van der Waals surface area contributed by atoms with Gasteiger partial charge in [-0.2, -0.15) is 9.97 Å². The Morgan fingerprint density at radius 3 is 2.53 bits per heavy atom. The van der Waals surface area contributed by atoms with Crippen LogP contribution < -0.4 is 16.0 Å². The smallest absolute Gasteiger partial charge is 0.225 e. The fraction of sp³-hybridized carbons (Fsp3) is 0.222. The van der Waals surface area contributed by atoms with E-state index in [4.69, 9.17) is 10.7 Å². The highest BCUT2D eigenvalue weighted by molar-refractivity contribution is 5.83. The van der Waals surface area contributed by atoms with Gasteiger partial charge in [0.2, 0.25) is 11.9 Å². The van der Waals surface area contributed by atoms with E-state index in [-0.39, 0.29) is 12.0 Å². The fourth-order valence-corrected chi connectivity index (χ4v) is 4.24. The second kappa shape index (κ2) is 9.99. The molecule has 0 aliphatic rings. The average Bonchev–Trinajstić information content (AvgIpc) is 3.33. The van der Waals surface area contributed by atoms with Crippen molar-refractivity contribution in [2.45, 2.75) is 26.8 Å². The normalized spacial score (nSPS) is 12.0. The molecule has 182 valence electrons. The predicted molar refractivity (Wildman–Crippen MR) is 144 cm³/mol. The van der Waals surface area contributed by atoms with Gasteiger partial charge < -0.3 is 16.0 Å². The van der Waals surface area contributed by atoms with Crippen molar-refractivity contribution in [3.05, 3.63) is 78.8 Å². The Balaban J connectivity index is 1.44. The topological polar surface area (TPSA) is 111 Å². The third-order valence-electron chi connectivity index (χ3n) is 6.19. The van der Waals surface area contributed by atoms with Gasteiger partial charge in [-0.3, -0.25) is 4.57 Å². The van der Waals surface area contributed by atoms with Crippen molar-refractivity contribution in [3.63, 3.8) is 0 Å². The summed E-state index contributed by atoms with van der Waals surface area (Å²) >= 11 is 0. The highest BCUT2D eigenvalue weighted by Crippen LogP contribution is 2.27. The second-order valence-corrected chi connectivity index (χ2v) is 8.48. The lowest BCUT2D eigenvalue weighted by molar-refractivity contribution is 0.844. The average molecular weight is 480 g/mol. The summed E-state index contributed by atoms with van der Waals surface area (Å²) in [4.78, 5) is 24.8. The van der Waals surface area contributed by atoms with Gasteiger partial charge in [-0.15, -0.1) is 0 Å². The minimum atomic E-state index is 0.0741. The quantitative estimate of drug-likeness (QED) is 0.324. The number of nitrogens with zero attached hydrogens (tertiary/aromatic N) is 7. The summed E-state index contributed by atoms with van der Waals surface area (Å²) in [5.74, 6) is 2.37. The first kappa shape index (κ1) is 23.2. The highest BCUT2D eigenvalue weighted by atomic mass is 15.2. The molecule has 3 heterocycles. The molecule has 36 heavy (non-hydrogen) atoms. The van der Waals surface area contributed by atoms with Crippen LogP contribution in [0.15, 0.2) is 73.2 Å². The molecule has 0 radical (unpaired) electrons. The van der Waals surface area contributed by atoms with Crippen LogP contribution in [0.5, 0.6) is 0 Å². The number of hydrogen-bond acceptors (Lipinski definition) is 8. The number of hydrogen-bond donors (Lipinski definition) is 2. The van der Waals surface area contributed by atoms with Crippen molar-refractivity contribution < 1.29 is 0 Å². The number of nitrogens with one attached hydrogen (secondary N) is 1. The number of benzene rings is 2. The first-order chi connectivity index (χ1) is 17.6. The fourth-order valence-electron chi connectivity index (χ4n) is 4.24. The Morgan fingerprint density at radius 1 is 0.944 bits per heavy atom. The summed E-state index contributed by atoms with van der Waals surface area (Å²) in [5, 5.41) is 3.38. The minimum Gasteiger partial charge on any atom is -0.368 e. The van der Waals surface area contributed by atoms with E-state index in [2.05, 4.69) is 63.1 Å². The van der Waals surface area contributed by atoms with Crippen LogP contribution in [0, 0.1) is 0 Å². The van der Waals surface area contributed by atoms with Crippen molar-refractivity contribution in [2.24, 2.45) is 0 Å². The summed E-state index contributed by atoms with van der Waals surface area (Å²) in [6, 6.07) is 20.2. The van der Waals surface area contributed by atoms with Crippen molar-refractivity contribution in [1.82, 2.24) is 29.5 Å². The summed E-state index contributed by atoms with van der Waals surface area (Å²) in [6.07, 6.45) is 3.53. The van der Waals surface area contributed by atoms with Gasteiger partial charge in [-0.25, -0.2) is 15.0 Å². The molecule has 0 bridgehead atoms. The lowest BCUT2D eigenvalue weighted by Gasteiger charge is -2.20. The Hall–Kier alpha value is -4.53. The standard InChI is InChI=1S/C27H29N9/c1-4-35(5-2)25-16-21(32-26(28)33-25)20-11-12-23-22(15-20)30-17-36(23)24-13-14-29-27(34-24)31-18(3)19-9-7-6-8-10-19/h6-18H,4-5H2,1-3H3,(H2,28,32,33)(H,29,31,34). The van der Waals surface area contributed by atoms with Gasteiger partial charge in [0.05, 0.1) is 22.8 Å². The van der Waals surface area contributed by atoms with Crippen LogP contribution in [-0.2, 0) is 0 Å². The first-order valence-electron chi connectivity index (χ1n) is 12.1. The summed E-state index contributed by atoms with van der Waals surface area (Å²) < 4.78 is 1.95. The molecule has 5 rings (SSSR count). The van der Waals surface area contributed by atoms with Crippen molar-refractivity contribution in [1.29, 1.82) is 0 Å². The number of fused-ring (bicyclic) bond motifs is 1. The van der Waals surface area contributed by atoms with Gasteiger partial charge in [-0.1, -0.05) is 36.4 Å². The molecule has 9 nitrogen and oxygen atoms in total. The molecular weight excluding hydrogens is 450 g/mol. The van der Waals surface area contributed by atoms with E-state index >= 15 is 0 Å². The summed E-state index contributed by atoms with van der Waals surface area (Å²) in [7, 11) is 0. The van der Waals surface area contributed by atoms with Crippen LogP contribution in [-0.4, -0.2) is 42.6 Å². The van der Waals surface area contributed by atoms with Gasteiger partial charge in [-0.05, 0) is 44.5 Å². The molecule has 1 atom stereocenters. The van der Waals surface area contributed by atoms with Crippen molar-refractivity contribution in [2.75, 3.05) is 29.0 Å². The largest absolute Gasteiger partial charge is 0.368 e. The number of nitrogens with two attached hydrogens (primary N) is 1. The van der Waals surface area contributed by atoms with Crippen LogP contribution in [0.1, 0.15) is 32.4 Å². The van der Waals surface area contributed by atoms with Crippen LogP contribution in [0.2, 0.25) is 0 Å². The maximum absolute atomic E-state index is 6.03. The molecule has 3 N–H and O–H groups in total. The van der Waals surface area contributed by atoms with E-state index in [9.17, 15) is 0 Å². The number of rotatable bonds is 8. The maximum atomic E-state index is 6.03. The van der Waals surface area contributed by atoms with Crippen LogP contribution in [0.4, 0.5) is 17.7 Å². The molecule has 0 saturated carbocycles. The Bertz CT molecular complexity index is 1480. The molecule has 0 saturated heterocycles. The predicted octanol–water partition coefficient (Wildman–Crippen LogP) is 4.87. The van der Waals surface area contributed by atoms with E-state index in [1.54, 1.807) is 12.5 Å². The SMILES string of the molecule is CCN(CC)c1cc(-c2ccc3c(c2)ncn3-c2ccnc(NC(C)c3ccccc3)n2)nc(N)n1. The molecule has 2 aromatic carbocycles. The number of imidazole rings is 1. The Kier molecular flexibility index (Phi) is 6.44. The van der Waals surface area contributed by atoms with Gasteiger partial charge in [0.15, 0.2) is 0 Å². The minimum absolute atomic E-state index is 0.0741.